The molecule has 0 fully saturated rings. The monoisotopic (exact) mass is 257 g/mol. The molecule has 4 N–H and O–H groups in total. The fourth-order valence-electron chi connectivity index (χ4n) is 1.69. The molecular formula is C14H15N3O2. The molecule has 0 unspecified atom stereocenters. The van der Waals surface area contributed by atoms with Crippen molar-refractivity contribution in [3.8, 4) is 0 Å². The quantitative estimate of drug-likeness (QED) is 0.782. The Morgan fingerprint density at radius 3 is 2.63 bits per heavy atom. The van der Waals surface area contributed by atoms with Crippen molar-refractivity contribution in [2.75, 3.05) is 11.1 Å². The largest absolute Gasteiger partial charge is 0.478 e. The van der Waals surface area contributed by atoms with E-state index in [1.54, 1.807) is 30.5 Å². The average molecular weight is 257 g/mol. The molecular weight excluding hydrogens is 242 g/mol. The highest BCUT2D eigenvalue weighted by Gasteiger charge is 2.03. The number of nitrogens with zero attached hydrogens (tertiary/aromatic N) is 1. The number of nitrogen functional groups attached to an aromatic ring is 1. The third kappa shape index (κ3) is 3.22. The molecule has 0 saturated heterocycles. The number of carboxylic acids is 1. The molecule has 0 spiro atoms. The molecule has 0 aliphatic heterocycles. The van der Waals surface area contributed by atoms with Gasteiger partial charge in [-0.25, -0.2) is 9.78 Å². The van der Waals surface area contributed by atoms with Crippen LogP contribution in [0.5, 0.6) is 0 Å². The van der Waals surface area contributed by atoms with E-state index in [0.29, 0.717) is 18.1 Å². The van der Waals surface area contributed by atoms with E-state index < -0.39 is 5.97 Å². The summed E-state index contributed by atoms with van der Waals surface area (Å²) >= 11 is 0. The first-order valence-electron chi connectivity index (χ1n) is 5.84. The molecule has 1 heterocycles. The number of hydrogen-bond donors (Lipinski definition) is 3. The standard InChI is InChI=1S/C14H15N3O2/c1-9-6-12(15)13(16-7-9)17-8-10-2-4-11(5-3-10)14(18)19/h2-7H,8,15H2,1H3,(H,16,17)(H,18,19). The molecule has 19 heavy (non-hydrogen) atoms. The molecule has 5 heteroatoms. The van der Waals surface area contributed by atoms with Crippen molar-refractivity contribution < 1.29 is 9.90 Å². The van der Waals surface area contributed by atoms with Crippen molar-refractivity contribution in [3.63, 3.8) is 0 Å². The summed E-state index contributed by atoms with van der Waals surface area (Å²) in [5.74, 6) is -0.295. The first-order valence-corrected chi connectivity index (χ1v) is 5.84. The molecule has 1 aromatic heterocycles. The van der Waals surface area contributed by atoms with Crippen LogP contribution < -0.4 is 11.1 Å². The Morgan fingerprint density at radius 2 is 2.05 bits per heavy atom. The molecule has 0 bridgehead atoms. The first kappa shape index (κ1) is 12.9. The number of anilines is 2. The highest BCUT2D eigenvalue weighted by atomic mass is 16.4. The predicted molar refractivity (Wildman–Crippen MR) is 74.1 cm³/mol. The molecule has 98 valence electrons. The summed E-state index contributed by atoms with van der Waals surface area (Å²) in [6, 6.07) is 8.53. The molecule has 0 atom stereocenters. The minimum Gasteiger partial charge on any atom is -0.478 e. The van der Waals surface area contributed by atoms with Gasteiger partial charge in [0.05, 0.1) is 11.3 Å². The highest BCUT2D eigenvalue weighted by Crippen LogP contribution is 2.16. The van der Waals surface area contributed by atoms with Gasteiger partial charge in [-0.2, -0.15) is 0 Å². The maximum absolute atomic E-state index is 10.7. The van der Waals surface area contributed by atoms with Crippen LogP contribution in [0.4, 0.5) is 11.5 Å². The summed E-state index contributed by atoms with van der Waals surface area (Å²) in [6.45, 7) is 2.47. The van der Waals surface area contributed by atoms with Crippen LogP contribution in [-0.4, -0.2) is 16.1 Å². The second-order valence-electron chi connectivity index (χ2n) is 4.31. The number of carboxylic acid groups (broad SMARTS) is 1. The van der Waals surface area contributed by atoms with Crippen LogP contribution in [0.15, 0.2) is 36.5 Å². The Hall–Kier alpha value is -2.56. The Balaban J connectivity index is 2.04. The molecule has 2 rings (SSSR count). The van der Waals surface area contributed by atoms with Gasteiger partial charge in [0.2, 0.25) is 0 Å². The number of hydrogen-bond acceptors (Lipinski definition) is 4. The second-order valence-corrected chi connectivity index (χ2v) is 4.31. The number of carbonyl (C=O) groups is 1. The van der Waals surface area contributed by atoms with Crippen molar-refractivity contribution in [2.24, 2.45) is 0 Å². The van der Waals surface area contributed by atoms with Gasteiger partial charge in [-0.05, 0) is 36.2 Å². The molecule has 0 amide bonds. The minimum absolute atomic E-state index is 0.275. The van der Waals surface area contributed by atoms with Crippen molar-refractivity contribution in [1.82, 2.24) is 4.98 Å². The van der Waals surface area contributed by atoms with Crippen LogP contribution in [0.1, 0.15) is 21.5 Å². The summed E-state index contributed by atoms with van der Waals surface area (Å²) < 4.78 is 0. The van der Waals surface area contributed by atoms with E-state index in [9.17, 15) is 4.79 Å². The molecule has 0 saturated carbocycles. The van der Waals surface area contributed by atoms with E-state index in [4.69, 9.17) is 10.8 Å². The molecule has 0 aliphatic carbocycles. The van der Waals surface area contributed by atoms with E-state index in [-0.39, 0.29) is 5.56 Å². The number of aromatic carboxylic acids is 1. The van der Waals surface area contributed by atoms with Crippen LogP contribution in [0, 0.1) is 6.92 Å². The van der Waals surface area contributed by atoms with Gasteiger partial charge in [0.15, 0.2) is 0 Å². The smallest absolute Gasteiger partial charge is 0.335 e. The Kier molecular flexibility index (Phi) is 3.66. The van der Waals surface area contributed by atoms with Crippen LogP contribution in [0.25, 0.3) is 0 Å². The number of rotatable bonds is 4. The van der Waals surface area contributed by atoms with Crippen molar-refractivity contribution in [2.45, 2.75) is 13.5 Å². The van der Waals surface area contributed by atoms with E-state index in [1.165, 1.54) is 0 Å². The van der Waals surface area contributed by atoms with E-state index in [0.717, 1.165) is 11.1 Å². The topological polar surface area (TPSA) is 88.2 Å². The fourth-order valence-corrected chi connectivity index (χ4v) is 1.69. The Labute approximate surface area is 111 Å². The maximum Gasteiger partial charge on any atom is 0.335 e. The van der Waals surface area contributed by atoms with Crippen molar-refractivity contribution in [1.29, 1.82) is 0 Å². The number of aromatic nitrogens is 1. The molecule has 1 aromatic carbocycles. The number of nitrogens with one attached hydrogen (secondary N) is 1. The van der Waals surface area contributed by atoms with Gasteiger partial charge in [0, 0.05) is 12.7 Å². The lowest BCUT2D eigenvalue weighted by Gasteiger charge is -2.09. The van der Waals surface area contributed by atoms with Crippen LogP contribution in [-0.2, 0) is 6.54 Å². The third-order valence-corrected chi connectivity index (χ3v) is 2.71. The van der Waals surface area contributed by atoms with Gasteiger partial charge < -0.3 is 16.2 Å². The minimum atomic E-state index is -0.927. The third-order valence-electron chi connectivity index (χ3n) is 2.71. The molecule has 5 nitrogen and oxygen atoms in total. The highest BCUT2D eigenvalue weighted by molar-refractivity contribution is 5.87. The van der Waals surface area contributed by atoms with Crippen LogP contribution >= 0.6 is 0 Å². The predicted octanol–water partition coefficient (Wildman–Crippen LogP) is 2.28. The Morgan fingerprint density at radius 1 is 1.37 bits per heavy atom. The van der Waals surface area contributed by atoms with E-state index >= 15 is 0 Å². The van der Waals surface area contributed by atoms with Gasteiger partial charge in [0.25, 0.3) is 0 Å². The average Bonchev–Trinajstić information content (AvgIpc) is 2.38. The fraction of sp³-hybridized carbons (Fsp3) is 0.143. The van der Waals surface area contributed by atoms with E-state index in [1.807, 2.05) is 13.0 Å². The van der Waals surface area contributed by atoms with Gasteiger partial charge in [-0.1, -0.05) is 12.1 Å². The van der Waals surface area contributed by atoms with Gasteiger partial charge in [-0.3, -0.25) is 0 Å². The first-order chi connectivity index (χ1) is 9.06. The zero-order chi connectivity index (χ0) is 13.8. The number of aryl methyl sites for hydroxylation is 1. The normalized spacial score (nSPS) is 10.2. The maximum atomic E-state index is 10.7. The number of pyridine rings is 1. The zero-order valence-electron chi connectivity index (χ0n) is 10.6. The van der Waals surface area contributed by atoms with Gasteiger partial charge >= 0.3 is 5.97 Å². The van der Waals surface area contributed by atoms with Crippen molar-refractivity contribution in [3.05, 3.63) is 53.2 Å². The van der Waals surface area contributed by atoms with Crippen LogP contribution in [0.2, 0.25) is 0 Å². The summed E-state index contributed by atoms with van der Waals surface area (Å²) in [7, 11) is 0. The zero-order valence-corrected chi connectivity index (χ0v) is 10.6. The van der Waals surface area contributed by atoms with E-state index in [2.05, 4.69) is 10.3 Å². The lowest BCUT2D eigenvalue weighted by Crippen LogP contribution is -2.05. The van der Waals surface area contributed by atoms with Gasteiger partial charge in [-0.15, -0.1) is 0 Å². The summed E-state index contributed by atoms with van der Waals surface area (Å²) in [5.41, 5.74) is 8.69. The lowest BCUT2D eigenvalue weighted by atomic mass is 10.1. The van der Waals surface area contributed by atoms with Crippen LogP contribution in [0.3, 0.4) is 0 Å². The second kappa shape index (κ2) is 5.39. The molecule has 2 aromatic rings. The van der Waals surface area contributed by atoms with Gasteiger partial charge in [0.1, 0.15) is 5.82 Å². The number of nitrogens with two attached hydrogens (primary N) is 1. The Bertz CT molecular complexity index is 594. The van der Waals surface area contributed by atoms with Crippen molar-refractivity contribution >= 4 is 17.5 Å². The summed E-state index contributed by atoms with van der Waals surface area (Å²) in [4.78, 5) is 14.9. The molecule has 0 radical (unpaired) electrons. The summed E-state index contributed by atoms with van der Waals surface area (Å²) in [6.07, 6.45) is 1.74. The molecule has 0 aliphatic rings. The lowest BCUT2D eigenvalue weighted by molar-refractivity contribution is 0.0697. The number of benzene rings is 1. The SMILES string of the molecule is Cc1cnc(NCc2ccc(C(=O)O)cc2)c(N)c1. The summed E-state index contributed by atoms with van der Waals surface area (Å²) in [5, 5.41) is 11.9.